The summed E-state index contributed by atoms with van der Waals surface area (Å²) >= 11 is 0. The molecule has 0 saturated carbocycles. The molecule has 1 aromatic rings. The molecule has 2 N–H and O–H groups in total. The lowest BCUT2D eigenvalue weighted by Gasteiger charge is -2.24. The topological polar surface area (TPSA) is 119 Å². The number of hydrogen-bond donors (Lipinski definition) is 2. The number of carboxylic acids is 1. The van der Waals surface area contributed by atoms with E-state index in [1.807, 2.05) is 0 Å². The quantitative estimate of drug-likeness (QED) is 0.668. The van der Waals surface area contributed by atoms with Gasteiger partial charge in [0.15, 0.2) is 6.10 Å². The van der Waals surface area contributed by atoms with E-state index in [1.54, 1.807) is 37.3 Å². The van der Waals surface area contributed by atoms with Gasteiger partial charge in [0.05, 0.1) is 18.9 Å². The fourth-order valence-electron chi connectivity index (χ4n) is 1.89. The van der Waals surface area contributed by atoms with E-state index in [0.717, 1.165) is 6.26 Å². The molecule has 23 heavy (non-hydrogen) atoms. The lowest BCUT2D eigenvalue weighted by atomic mass is 10.0. The van der Waals surface area contributed by atoms with Crippen molar-refractivity contribution in [1.29, 1.82) is 0 Å². The summed E-state index contributed by atoms with van der Waals surface area (Å²) in [6.45, 7) is 1.68. The maximum atomic E-state index is 11.6. The second-order valence-electron chi connectivity index (χ2n) is 4.72. The van der Waals surface area contributed by atoms with E-state index < -0.39 is 34.3 Å². The zero-order valence-corrected chi connectivity index (χ0v) is 13.6. The number of carboxylic acid groups (broad SMARTS) is 1. The molecule has 0 radical (unpaired) electrons. The summed E-state index contributed by atoms with van der Waals surface area (Å²) in [5, 5.41) is 11.6. The average molecular weight is 345 g/mol. The smallest absolute Gasteiger partial charge is 0.407 e. The van der Waals surface area contributed by atoms with E-state index in [0.29, 0.717) is 5.56 Å². The molecule has 0 heterocycles. The summed E-state index contributed by atoms with van der Waals surface area (Å²) in [6, 6.07) is 7.58. The molecule has 1 amide bonds. The second kappa shape index (κ2) is 8.49. The van der Waals surface area contributed by atoms with E-state index in [1.165, 1.54) is 0 Å². The zero-order valence-electron chi connectivity index (χ0n) is 12.8. The molecule has 0 aromatic heterocycles. The van der Waals surface area contributed by atoms with Gasteiger partial charge in [-0.05, 0) is 18.9 Å². The first-order valence-electron chi connectivity index (χ1n) is 6.81. The van der Waals surface area contributed by atoms with Crippen molar-refractivity contribution in [1.82, 2.24) is 5.32 Å². The Bertz CT molecular complexity index is 630. The molecule has 0 aliphatic rings. The predicted molar refractivity (Wildman–Crippen MR) is 81.4 cm³/mol. The Balaban J connectivity index is 3.03. The molecule has 0 aliphatic carbocycles. The van der Waals surface area contributed by atoms with Crippen molar-refractivity contribution in [2.24, 2.45) is 0 Å². The summed E-state index contributed by atoms with van der Waals surface area (Å²) in [7, 11) is -4.03. The van der Waals surface area contributed by atoms with E-state index in [-0.39, 0.29) is 13.0 Å². The summed E-state index contributed by atoms with van der Waals surface area (Å²) in [4.78, 5) is 23.0. The molecule has 1 rings (SSSR count). The Morgan fingerprint density at radius 2 is 1.87 bits per heavy atom. The Morgan fingerprint density at radius 3 is 2.35 bits per heavy atom. The first-order valence-corrected chi connectivity index (χ1v) is 8.63. The van der Waals surface area contributed by atoms with Crippen LogP contribution < -0.4 is 5.32 Å². The minimum absolute atomic E-state index is 0.0616. The van der Waals surface area contributed by atoms with Gasteiger partial charge in [-0.3, -0.25) is 4.18 Å². The molecule has 9 heteroatoms. The first kappa shape index (κ1) is 18.9. The second-order valence-corrected chi connectivity index (χ2v) is 6.32. The Hall–Kier alpha value is -2.13. The van der Waals surface area contributed by atoms with Crippen LogP contribution in [0.25, 0.3) is 0 Å². The van der Waals surface area contributed by atoms with Crippen molar-refractivity contribution in [3.63, 3.8) is 0 Å². The number of nitrogens with one attached hydrogen (secondary N) is 1. The van der Waals surface area contributed by atoms with Crippen LogP contribution in [0.2, 0.25) is 0 Å². The van der Waals surface area contributed by atoms with Crippen molar-refractivity contribution in [3.05, 3.63) is 35.9 Å². The predicted octanol–water partition coefficient (Wildman–Crippen LogP) is 0.773. The molecule has 2 unspecified atom stereocenters. The fourth-order valence-corrected chi connectivity index (χ4v) is 2.49. The highest BCUT2D eigenvalue weighted by atomic mass is 32.2. The molecule has 0 bridgehead atoms. The number of carbonyl (C=O) groups excluding carboxylic acids is 1. The van der Waals surface area contributed by atoms with Crippen molar-refractivity contribution in [3.8, 4) is 0 Å². The van der Waals surface area contributed by atoms with Gasteiger partial charge in [-0.15, -0.1) is 0 Å². The van der Waals surface area contributed by atoms with Gasteiger partial charge in [0, 0.05) is 0 Å². The van der Waals surface area contributed by atoms with Gasteiger partial charge in [0.2, 0.25) is 0 Å². The normalized spacial score (nSPS) is 13.8. The number of amides is 1. The average Bonchev–Trinajstić information content (AvgIpc) is 2.44. The third-order valence-electron chi connectivity index (χ3n) is 2.76. The highest BCUT2D eigenvalue weighted by molar-refractivity contribution is 7.86. The van der Waals surface area contributed by atoms with Gasteiger partial charge in [0.1, 0.15) is 0 Å². The van der Waals surface area contributed by atoms with Gasteiger partial charge < -0.3 is 15.2 Å². The highest BCUT2D eigenvalue weighted by Crippen LogP contribution is 2.12. The maximum absolute atomic E-state index is 11.6. The fraction of sp³-hybridized carbons (Fsp3) is 0.429. The van der Waals surface area contributed by atoms with E-state index >= 15 is 0 Å². The first-order chi connectivity index (χ1) is 10.7. The van der Waals surface area contributed by atoms with Gasteiger partial charge in [-0.2, -0.15) is 8.42 Å². The van der Waals surface area contributed by atoms with Crippen molar-refractivity contribution in [2.45, 2.75) is 25.5 Å². The van der Waals surface area contributed by atoms with Gasteiger partial charge in [-0.25, -0.2) is 9.59 Å². The van der Waals surface area contributed by atoms with Crippen molar-refractivity contribution in [2.75, 3.05) is 12.9 Å². The number of hydrogen-bond acceptors (Lipinski definition) is 6. The van der Waals surface area contributed by atoms with Gasteiger partial charge in [0.25, 0.3) is 10.1 Å². The van der Waals surface area contributed by atoms with Crippen LogP contribution in [-0.2, 0) is 30.3 Å². The summed E-state index contributed by atoms with van der Waals surface area (Å²) in [5.74, 6) is -1.51. The SMILES string of the molecule is CCOC(=O)NC(Cc1ccccc1)C(OS(C)(=O)=O)C(=O)O. The van der Waals surface area contributed by atoms with E-state index in [9.17, 15) is 23.1 Å². The third kappa shape index (κ3) is 7.11. The number of rotatable bonds is 8. The molecule has 0 aliphatic heterocycles. The van der Waals surface area contributed by atoms with Crippen LogP contribution in [0.4, 0.5) is 4.79 Å². The third-order valence-corrected chi connectivity index (χ3v) is 3.32. The van der Waals surface area contributed by atoms with Crippen LogP contribution in [-0.4, -0.2) is 50.6 Å². The van der Waals surface area contributed by atoms with Crippen LogP contribution >= 0.6 is 0 Å². The molecule has 128 valence electrons. The summed E-state index contributed by atoms with van der Waals surface area (Å²) in [5.41, 5.74) is 0.706. The molecule has 8 nitrogen and oxygen atoms in total. The van der Waals surface area contributed by atoms with Crippen molar-refractivity contribution >= 4 is 22.2 Å². The Kier molecular flexibility index (Phi) is 6.98. The number of alkyl carbamates (subject to hydrolysis) is 1. The summed E-state index contributed by atoms with van der Waals surface area (Å²) < 4.78 is 31.9. The van der Waals surface area contributed by atoms with Crippen LogP contribution in [0.1, 0.15) is 12.5 Å². The highest BCUT2D eigenvalue weighted by Gasteiger charge is 2.34. The monoisotopic (exact) mass is 345 g/mol. The number of aliphatic carboxylic acids is 1. The Morgan fingerprint density at radius 1 is 1.26 bits per heavy atom. The van der Waals surface area contributed by atoms with Crippen LogP contribution in [0.5, 0.6) is 0 Å². The maximum Gasteiger partial charge on any atom is 0.407 e. The van der Waals surface area contributed by atoms with E-state index in [2.05, 4.69) is 9.50 Å². The van der Waals surface area contributed by atoms with Crippen LogP contribution in [0.3, 0.4) is 0 Å². The van der Waals surface area contributed by atoms with Crippen LogP contribution in [0, 0.1) is 0 Å². The van der Waals surface area contributed by atoms with Gasteiger partial charge >= 0.3 is 12.1 Å². The van der Waals surface area contributed by atoms with Crippen molar-refractivity contribution < 1.29 is 32.0 Å². The Labute approximate surface area is 134 Å². The summed E-state index contributed by atoms with van der Waals surface area (Å²) in [6.07, 6.45) is -1.81. The molecule has 2 atom stereocenters. The van der Waals surface area contributed by atoms with E-state index in [4.69, 9.17) is 4.74 Å². The molecular weight excluding hydrogens is 326 g/mol. The standard InChI is InChI=1S/C14H19NO7S/c1-3-21-14(18)15-11(9-10-7-5-4-6-8-10)12(13(16)17)22-23(2,19)20/h4-8,11-12H,3,9H2,1-2H3,(H,15,18)(H,16,17). The largest absolute Gasteiger partial charge is 0.479 e. The molecule has 1 aromatic carbocycles. The van der Waals surface area contributed by atoms with Crippen LogP contribution in [0.15, 0.2) is 30.3 Å². The molecule has 0 saturated heterocycles. The number of benzene rings is 1. The molecular formula is C14H19NO7S. The molecule has 0 fully saturated rings. The minimum Gasteiger partial charge on any atom is -0.479 e. The number of ether oxygens (including phenoxy) is 1. The lowest BCUT2D eigenvalue weighted by Crippen LogP contribution is -2.50. The number of carbonyl (C=O) groups is 2. The van der Waals surface area contributed by atoms with Gasteiger partial charge in [-0.1, -0.05) is 30.3 Å². The minimum atomic E-state index is -4.03. The zero-order chi connectivity index (χ0) is 17.5. The molecule has 0 spiro atoms. The lowest BCUT2D eigenvalue weighted by molar-refractivity contribution is -0.146.